The highest BCUT2D eigenvalue weighted by molar-refractivity contribution is 9.11. The molecule has 2 aromatic heterocycles. The van der Waals surface area contributed by atoms with Crippen LogP contribution in [0.25, 0.3) is 11.0 Å². The number of hydrogen-bond acceptors (Lipinski definition) is 3. The zero-order valence-corrected chi connectivity index (χ0v) is 13.6. The van der Waals surface area contributed by atoms with E-state index in [4.69, 9.17) is 4.42 Å². The Morgan fingerprint density at radius 1 is 1.30 bits per heavy atom. The molecule has 1 unspecified atom stereocenters. The van der Waals surface area contributed by atoms with Crippen molar-refractivity contribution < 1.29 is 4.42 Å². The smallest absolute Gasteiger partial charge is 0.134 e. The summed E-state index contributed by atoms with van der Waals surface area (Å²) >= 11 is 5.24. The van der Waals surface area contributed by atoms with Gasteiger partial charge in [0.25, 0.3) is 0 Å². The molecule has 4 heteroatoms. The lowest BCUT2D eigenvalue weighted by atomic mass is 10.1. The van der Waals surface area contributed by atoms with Gasteiger partial charge in [0.1, 0.15) is 11.3 Å². The van der Waals surface area contributed by atoms with Crippen molar-refractivity contribution in [2.75, 3.05) is 6.54 Å². The standard InChI is InChI=1S/C16H16BrNOS/c1-2-7-18-16(12-9-15(17)20-10-12)14-8-11-5-3-4-6-13(11)19-14/h3-6,8-10,16,18H,2,7H2,1H3. The first-order chi connectivity index (χ1) is 9.78. The predicted octanol–water partition coefficient (Wildman–Crippen LogP) is 5.35. The molecule has 0 radical (unpaired) electrons. The van der Waals surface area contributed by atoms with Crippen LogP contribution in [0.2, 0.25) is 0 Å². The van der Waals surface area contributed by atoms with E-state index < -0.39 is 0 Å². The van der Waals surface area contributed by atoms with Gasteiger partial charge in [-0.25, -0.2) is 0 Å². The molecule has 3 aromatic rings. The van der Waals surface area contributed by atoms with E-state index in [-0.39, 0.29) is 6.04 Å². The molecule has 0 fully saturated rings. The SMILES string of the molecule is CCCNC(c1csc(Br)c1)c1cc2ccccc2o1. The lowest BCUT2D eigenvalue weighted by Crippen LogP contribution is -2.22. The number of thiophene rings is 1. The first-order valence-electron chi connectivity index (χ1n) is 6.73. The maximum Gasteiger partial charge on any atom is 0.134 e. The maximum absolute atomic E-state index is 6.02. The second-order valence-electron chi connectivity index (χ2n) is 4.76. The van der Waals surface area contributed by atoms with Crippen molar-refractivity contribution in [1.29, 1.82) is 0 Å². The second kappa shape index (κ2) is 6.12. The minimum absolute atomic E-state index is 0.116. The lowest BCUT2D eigenvalue weighted by molar-refractivity contribution is 0.470. The molecule has 0 saturated carbocycles. The van der Waals surface area contributed by atoms with Gasteiger partial charge in [0.05, 0.1) is 9.83 Å². The molecule has 3 rings (SSSR count). The van der Waals surface area contributed by atoms with Crippen LogP contribution in [0.1, 0.15) is 30.7 Å². The van der Waals surface area contributed by atoms with E-state index in [9.17, 15) is 0 Å². The maximum atomic E-state index is 6.02. The summed E-state index contributed by atoms with van der Waals surface area (Å²) in [6, 6.07) is 12.6. The number of rotatable bonds is 5. The van der Waals surface area contributed by atoms with Crippen molar-refractivity contribution >= 4 is 38.2 Å². The lowest BCUT2D eigenvalue weighted by Gasteiger charge is -2.14. The third kappa shape index (κ3) is 2.82. The Kier molecular flexibility index (Phi) is 4.24. The van der Waals surface area contributed by atoms with Gasteiger partial charge in [-0.05, 0) is 58.0 Å². The number of furan rings is 1. The van der Waals surface area contributed by atoms with E-state index in [0.29, 0.717) is 0 Å². The molecule has 0 amide bonds. The van der Waals surface area contributed by atoms with Crippen LogP contribution in [0, 0.1) is 0 Å². The molecule has 0 bridgehead atoms. The van der Waals surface area contributed by atoms with Crippen LogP contribution in [0.15, 0.2) is 50.0 Å². The number of hydrogen-bond donors (Lipinski definition) is 1. The molecule has 2 heterocycles. The summed E-state index contributed by atoms with van der Waals surface area (Å²) in [5.41, 5.74) is 2.19. The summed E-state index contributed by atoms with van der Waals surface area (Å²) in [6.45, 7) is 3.14. The highest BCUT2D eigenvalue weighted by Crippen LogP contribution is 2.32. The Bertz CT molecular complexity index is 670. The molecular weight excluding hydrogens is 334 g/mol. The van der Waals surface area contributed by atoms with Gasteiger partial charge in [0, 0.05) is 5.39 Å². The van der Waals surface area contributed by atoms with Gasteiger partial charge in [-0.2, -0.15) is 0 Å². The first kappa shape index (κ1) is 13.9. The zero-order chi connectivity index (χ0) is 13.9. The number of halogens is 1. The third-order valence-corrected chi connectivity index (χ3v) is 4.77. The Morgan fingerprint density at radius 3 is 2.85 bits per heavy atom. The third-order valence-electron chi connectivity index (χ3n) is 3.25. The summed E-state index contributed by atoms with van der Waals surface area (Å²) in [6.07, 6.45) is 1.10. The molecule has 1 atom stereocenters. The fourth-order valence-electron chi connectivity index (χ4n) is 2.29. The zero-order valence-electron chi connectivity index (χ0n) is 11.2. The van der Waals surface area contributed by atoms with E-state index in [0.717, 1.165) is 33.5 Å². The van der Waals surface area contributed by atoms with Crippen LogP contribution in [-0.4, -0.2) is 6.54 Å². The van der Waals surface area contributed by atoms with Gasteiger partial charge in [0.15, 0.2) is 0 Å². The predicted molar refractivity (Wildman–Crippen MR) is 88.4 cm³/mol. The van der Waals surface area contributed by atoms with Crippen molar-refractivity contribution in [1.82, 2.24) is 5.32 Å². The average molecular weight is 350 g/mol. The van der Waals surface area contributed by atoms with E-state index >= 15 is 0 Å². The summed E-state index contributed by atoms with van der Waals surface area (Å²) < 4.78 is 7.16. The van der Waals surface area contributed by atoms with E-state index in [1.54, 1.807) is 11.3 Å². The van der Waals surface area contributed by atoms with Gasteiger partial charge in [0.2, 0.25) is 0 Å². The van der Waals surface area contributed by atoms with Crippen LogP contribution in [-0.2, 0) is 0 Å². The Labute approximate surface area is 130 Å². The molecular formula is C16H16BrNOS. The summed E-state index contributed by atoms with van der Waals surface area (Å²) in [5, 5.41) is 6.89. The largest absolute Gasteiger partial charge is 0.459 e. The van der Waals surface area contributed by atoms with Gasteiger partial charge in [-0.3, -0.25) is 0 Å². The van der Waals surface area contributed by atoms with E-state index in [2.05, 4.69) is 51.7 Å². The van der Waals surface area contributed by atoms with Crippen molar-refractivity contribution in [3.63, 3.8) is 0 Å². The van der Waals surface area contributed by atoms with Crippen molar-refractivity contribution in [3.05, 3.63) is 56.9 Å². The topological polar surface area (TPSA) is 25.2 Å². The van der Waals surface area contributed by atoms with E-state index in [1.807, 2.05) is 18.2 Å². The quantitative estimate of drug-likeness (QED) is 0.671. The minimum Gasteiger partial charge on any atom is -0.459 e. The molecule has 0 saturated heterocycles. The highest BCUT2D eigenvalue weighted by atomic mass is 79.9. The fourth-order valence-corrected chi connectivity index (χ4v) is 3.49. The summed E-state index contributed by atoms with van der Waals surface area (Å²) in [7, 11) is 0. The van der Waals surface area contributed by atoms with Crippen molar-refractivity contribution in [2.24, 2.45) is 0 Å². The molecule has 0 aliphatic rings. The minimum atomic E-state index is 0.116. The average Bonchev–Trinajstić information content (AvgIpc) is 3.05. The number of para-hydroxylation sites is 1. The Morgan fingerprint density at radius 2 is 2.15 bits per heavy atom. The number of nitrogens with one attached hydrogen (secondary N) is 1. The van der Waals surface area contributed by atoms with Crippen LogP contribution in [0.5, 0.6) is 0 Å². The summed E-state index contributed by atoms with van der Waals surface area (Å²) in [4.78, 5) is 0. The monoisotopic (exact) mass is 349 g/mol. The van der Waals surface area contributed by atoms with Gasteiger partial charge in [-0.1, -0.05) is 25.1 Å². The van der Waals surface area contributed by atoms with Crippen LogP contribution < -0.4 is 5.32 Å². The van der Waals surface area contributed by atoms with Crippen LogP contribution >= 0.6 is 27.3 Å². The molecule has 1 aromatic carbocycles. The molecule has 0 aliphatic carbocycles. The normalized spacial score (nSPS) is 12.9. The van der Waals surface area contributed by atoms with Crippen molar-refractivity contribution in [2.45, 2.75) is 19.4 Å². The molecule has 1 N–H and O–H groups in total. The van der Waals surface area contributed by atoms with Crippen molar-refractivity contribution in [3.8, 4) is 0 Å². The Hall–Kier alpha value is -1.10. The summed E-state index contributed by atoms with van der Waals surface area (Å²) in [5.74, 6) is 0.977. The second-order valence-corrected chi connectivity index (χ2v) is 7.05. The number of benzene rings is 1. The molecule has 20 heavy (non-hydrogen) atoms. The fraction of sp³-hybridized carbons (Fsp3) is 0.250. The molecule has 104 valence electrons. The van der Waals surface area contributed by atoms with Crippen LogP contribution in [0.4, 0.5) is 0 Å². The molecule has 0 spiro atoms. The Balaban J connectivity index is 1.99. The molecule has 2 nitrogen and oxygen atoms in total. The van der Waals surface area contributed by atoms with Gasteiger partial charge < -0.3 is 9.73 Å². The van der Waals surface area contributed by atoms with Crippen LogP contribution in [0.3, 0.4) is 0 Å². The van der Waals surface area contributed by atoms with Gasteiger partial charge in [-0.15, -0.1) is 11.3 Å². The molecule has 0 aliphatic heterocycles. The highest BCUT2D eigenvalue weighted by Gasteiger charge is 2.19. The van der Waals surface area contributed by atoms with Gasteiger partial charge >= 0.3 is 0 Å². The van der Waals surface area contributed by atoms with E-state index in [1.165, 1.54) is 5.56 Å². The first-order valence-corrected chi connectivity index (χ1v) is 8.41. The number of fused-ring (bicyclic) bond motifs is 1.